The van der Waals surface area contributed by atoms with Crippen LogP contribution in [0.5, 0.6) is 0 Å². The zero-order chi connectivity index (χ0) is 18.0. The summed E-state index contributed by atoms with van der Waals surface area (Å²) in [7, 11) is 1.33. The smallest absolute Gasteiger partial charge is 0.325 e. The fourth-order valence-corrected chi connectivity index (χ4v) is 3.22. The highest BCUT2D eigenvalue weighted by Crippen LogP contribution is 2.30. The number of thiocarbonyl (C=S) groups is 1. The molecule has 0 unspecified atom stereocenters. The van der Waals surface area contributed by atoms with Crippen LogP contribution in [0, 0.1) is 5.82 Å². The Bertz CT molecular complexity index is 885. The summed E-state index contributed by atoms with van der Waals surface area (Å²) in [4.78, 5) is 18.5. The van der Waals surface area contributed by atoms with E-state index in [1.807, 2.05) is 18.2 Å². The quantitative estimate of drug-likeness (QED) is 0.560. The molecule has 1 aliphatic heterocycles. The minimum atomic E-state index is -0.412. The van der Waals surface area contributed by atoms with Gasteiger partial charge in [0.25, 0.3) is 0 Å². The second-order valence-corrected chi connectivity index (χ2v) is 6.75. The van der Waals surface area contributed by atoms with Gasteiger partial charge in [-0.2, -0.15) is 0 Å². The van der Waals surface area contributed by atoms with E-state index in [4.69, 9.17) is 17.0 Å². The minimum absolute atomic E-state index is 0.0238. The van der Waals surface area contributed by atoms with Crippen LogP contribution in [0.15, 0.2) is 51.9 Å². The number of halogens is 2. The first-order chi connectivity index (χ1) is 12.0. The number of benzene rings is 2. The van der Waals surface area contributed by atoms with Gasteiger partial charge in [0.15, 0.2) is 0 Å². The molecular weight excluding hydrogens is 407 g/mol. The van der Waals surface area contributed by atoms with Gasteiger partial charge in [0.1, 0.15) is 17.4 Å². The molecule has 1 heterocycles. The molecule has 0 radical (unpaired) electrons. The molecule has 0 saturated carbocycles. The minimum Gasteiger partial charge on any atom is -0.468 e. The van der Waals surface area contributed by atoms with Crippen LogP contribution < -0.4 is 4.90 Å². The van der Waals surface area contributed by atoms with Gasteiger partial charge in [0.05, 0.1) is 25.1 Å². The zero-order valence-corrected chi connectivity index (χ0v) is 15.7. The van der Waals surface area contributed by atoms with Crippen molar-refractivity contribution in [2.75, 3.05) is 25.1 Å². The third kappa shape index (κ3) is 3.62. The van der Waals surface area contributed by atoms with Gasteiger partial charge in [-0.3, -0.25) is 9.79 Å². The molecule has 2 aromatic carbocycles. The van der Waals surface area contributed by atoms with Crippen molar-refractivity contribution in [1.29, 1.82) is 0 Å². The number of rotatable bonds is 3. The summed E-state index contributed by atoms with van der Waals surface area (Å²) in [6.45, 7) is 0.159. The number of esters is 1. The van der Waals surface area contributed by atoms with Crippen molar-refractivity contribution in [3.63, 3.8) is 0 Å². The number of nitrogens with zero attached hydrogens (tertiary/aromatic N) is 2. The lowest BCUT2D eigenvalue weighted by atomic mass is 9.99. The molecule has 1 aliphatic rings. The Morgan fingerprint density at radius 2 is 2.08 bits per heavy atom. The predicted molar refractivity (Wildman–Crippen MR) is 103 cm³/mol. The summed E-state index contributed by atoms with van der Waals surface area (Å²) < 4.78 is 19.9. The van der Waals surface area contributed by atoms with Crippen molar-refractivity contribution in [3.8, 4) is 0 Å². The van der Waals surface area contributed by atoms with E-state index in [2.05, 4.69) is 20.9 Å². The average Bonchev–Trinajstić information content (AvgIpc) is 2.73. The fraction of sp³-hybridized carbons (Fsp3) is 0.167. The first-order valence-corrected chi connectivity index (χ1v) is 8.68. The Kier molecular flexibility index (Phi) is 5.24. The molecule has 0 aliphatic carbocycles. The monoisotopic (exact) mass is 420 g/mol. The number of anilines is 1. The van der Waals surface area contributed by atoms with Gasteiger partial charge in [-0.05, 0) is 30.3 Å². The molecule has 25 heavy (non-hydrogen) atoms. The van der Waals surface area contributed by atoms with Crippen LogP contribution in [0.1, 0.15) is 11.1 Å². The van der Waals surface area contributed by atoms with Crippen molar-refractivity contribution in [2.45, 2.75) is 0 Å². The Hall–Kier alpha value is -2.12. The Balaban J connectivity index is 2.17. The number of ether oxygens (including phenoxy) is 1. The average molecular weight is 421 g/mol. The molecule has 0 aromatic heterocycles. The lowest BCUT2D eigenvalue weighted by molar-refractivity contribution is -0.138. The molecule has 3 rings (SSSR count). The number of hydrogen-bond donors (Lipinski definition) is 0. The molecule has 128 valence electrons. The highest BCUT2D eigenvalue weighted by molar-refractivity contribution is 9.10. The number of fused-ring (bicyclic) bond motifs is 1. The lowest BCUT2D eigenvalue weighted by Crippen LogP contribution is -2.36. The molecule has 2 aromatic rings. The van der Waals surface area contributed by atoms with Gasteiger partial charge < -0.3 is 9.64 Å². The summed E-state index contributed by atoms with van der Waals surface area (Å²) >= 11 is 8.87. The van der Waals surface area contributed by atoms with Crippen molar-refractivity contribution in [2.24, 2.45) is 4.99 Å². The van der Waals surface area contributed by atoms with Crippen LogP contribution in [0.2, 0.25) is 0 Å². The number of hydrogen-bond acceptors (Lipinski definition) is 4. The number of methoxy groups -OCH3 is 1. The standard InChI is InChI=1S/C18H14BrFN2O2S/c1-24-17(23)10-22-15-7-6-11(19)8-13(15)18(21-9-16(22)25)12-4-2-3-5-14(12)20/h2-8H,9-10H2,1H3. The highest BCUT2D eigenvalue weighted by atomic mass is 79.9. The third-order valence-electron chi connectivity index (χ3n) is 3.82. The Labute approximate surface area is 158 Å². The highest BCUT2D eigenvalue weighted by Gasteiger charge is 2.26. The summed E-state index contributed by atoms with van der Waals surface area (Å²) in [5.74, 6) is -0.773. The van der Waals surface area contributed by atoms with Crippen LogP contribution in [-0.2, 0) is 9.53 Å². The van der Waals surface area contributed by atoms with E-state index in [0.717, 1.165) is 4.47 Å². The van der Waals surface area contributed by atoms with Gasteiger partial charge >= 0.3 is 5.97 Å². The van der Waals surface area contributed by atoms with E-state index < -0.39 is 5.97 Å². The molecule has 0 atom stereocenters. The maximum Gasteiger partial charge on any atom is 0.325 e. The van der Waals surface area contributed by atoms with Crippen molar-refractivity contribution < 1.29 is 13.9 Å². The largest absolute Gasteiger partial charge is 0.468 e. The molecule has 0 fully saturated rings. The van der Waals surface area contributed by atoms with E-state index in [0.29, 0.717) is 27.5 Å². The number of aliphatic imine (C=N–C) groups is 1. The number of benzodiazepines with no additional fused rings is 1. The van der Waals surface area contributed by atoms with Crippen LogP contribution in [0.25, 0.3) is 0 Å². The van der Waals surface area contributed by atoms with E-state index in [1.165, 1.54) is 13.2 Å². The maximum absolute atomic E-state index is 14.3. The molecule has 0 N–H and O–H groups in total. The van der Waals surface area contributed by atoms with Crippen molar-refractivity contribution in [1.82, 2.24) is 0 Å². The van der Waals surface area contributed by atoms with E-state index >= 15 is 0 Å². The van der Waals surface area contributed by atoms with Gasteiger partial charge in [-0.15, -0.1) is 0 Å². The maximum atomic E-state index is 14.3. The van der Waals surface area contributed by atoms with Crippen molar-refractivity contribution >= 4 is 50.5 Å². The Morgan fingerprint density at radius 1 is 1.32 bits per heavy atom. The van der Waals surface area contributed by atoms with E-state index in [1.54, 1.807) is 23.1 Å². The number of carbonyl (C=O) groups is 1. The van der Waals surface area contributed by atoms with Gasteiger partial charge in [-0.25, -0.2) is 4.39 Å². The van der Waals surface area contributed by atoms with Crippen LogP contribution >= 0.6 is 28.1 Å². The molecular formula is C18H14BrFN2O2S. The third-order valence-corrected chi connectivity index (χ3v) is 4.66. The Morgan fingerprint density at radius 3 is 2.80 bits per heavy atom. The molecule has 7 heteroatoms. The first-order valence-electron chi connectivity index (χ1n) is 7.47. The first kappa shape index (κ1) is 17.7. The fourth-order valence-electron chi connectivity index (χ4n) is 2.64. The van der Waals surface area contributed by atoms with Gasteiger partial charge in [-0.1, -0.05) is 40.3 Å². The normalized spacial score (nSPS) is 13.8. The van der Waals surface area contributed by atoms with Crippen molar-refractivity contribution in [3.05, 3.63) is 63.9 Å². The second-order valence-electron chi connectivity index (χ2n) is 5.36. The van der Waals surface area contributed by atoms with E-state index in [-0.39, 0.29) is 18.9 Å². The van der Waals surface area contributed by atoms with Crippen LogP contribution in [0.4, 0.5) is 10.1 Å². The lowest BCUT2D eigenvalue weighted by Gasteiger charge is -2.24. The number of carbonyl (C=O) groups excluding carboxylic acids is 1. The second kappa shape index (κ2) is 7.41. The SMILES string of the molecule is COC(=O)CN1C(=S)CN=C(c2ccccc2F)c2cc(Br)ccc21. The summed E-state index contributed by atoms with van der Waals surface area (Å²) in [6.07, 6.45) is 0. The van der Waals surface area contributed by atoms with Gasteiger partial charge in [0.2, 0.25) is 0 Å². The van der Waals surface area contributed by atoms with Crippen LogP contribution in [0.3, 0.4) is 0 Å². The molecule has 0 saturated heterocycles. The predicted octanol–water partition coefficient (Wildman–Crippen LogP) is 3.75. The summed E-state index contributed by atoms with van der Waals surface area (Å²) in [5, 5.41) is 0. The topological polar surface area (TPSA) is 41.9 Å². The molecule has 0 bridgehead atoms. The van der Waals surface area contributed by atoms with Crippen LogP contribution in [-0.4, -0.2) is 36.9 Å². The summed E-state index contributed by atoms with van der Waals surface area (Å²) in [5.41, 5.74) is 2.29. The summed E-state index contributed by atoms with van der Waals surface area (Å²) in [6, 6.07) is 12.0. The van der Waals surface area contributed by atoms with E-state index in [9.17, 15) is 9.18 Å². The molecule has 0 spiro atoms. The van der Waals surface area contributed by atoms with Gasteiger partial charge in [0, 0.05) is 15.6 Å². The molecule has 0 amide bonds. The zero-order valence-electron chi connectivity index (χ0n) is 13.3. The molecule has 4 nitrogen and oxygen atoms in total.